The normalized spacial score (nSPS) is 13.0. The van der Waals surface area contributed by atoms with Crippen molar-refractivity contribution >= 4 is 109 Å². The smallest absolute Gasteiger partial charge is 0.147 e. The molecule has 1 aliphatic rings. The van der Waals surface area contributed by atoms with Gasteiger partial charge in [0, 0.05) is 32.3 Å². The summed E-state index contributed by atoms with van der Waals surface area (Å²) in [6, 6.07) is 101. The zero-order chi connectivity index (χ0) is 57.2. The Hall–Kier alpha value is -11.3. The van der Waals surface area contributed by atoms with E-state index in [1.54, 1.807) is 0 Å². The van der Waals surface area contributed by atoms with Gasteiger partial charge in [0.1, 0.15) is 11.3 Å². The maximum atomic E-state index is 5.40. The number of para-hydroxylation sites is 5. The lowest BCUT2D eigenvalue weighted by atomic mass is 9.81. The zero-order valence-corrected chi connectivity index (χ0v) is 47.7. The maximum Gasteiger partial charge on any atom is 0.147 e. The number of nitrogens with zero attached hydrogens (tertiary/aromatic N) is 5. The Bertz CT molecular complexity index is 6020. The lowest BCUT2D eigenvalue weighted by Crippen LogP contribution is -2.14. The molecule has 0 atom stereocenters. The van der Waals surface area contributed by atoms with Crippen LogP contribution in [0.3, 0.4) is 0 Å². The van der Waals surface area contributed by atoms with E-state index >= 15 is 0 Å². The van der Waals surface area contributed by atoms with E-state index in [-0.39, 0.29) is 5.41 Å². The maximum absolute atomic E-state index is 5.40. The molecule has 0 spiro atoms. The summed E-state index contributed by atoms with van der Waals surface area (Å²) in [6.07, 6.45) is 0. The summed E-state index contributed by atoms with van der Waals surface area (Å²) in [5.74, 6) is 0. The highest BCUT2D eigenvalue weighted by Gasteiger charge is 2.35. The van der Waals surface area contributed by atoms with Gasteiger partial charge in [-0.3, -0.25) is 8.80 Å². The van der Waals surface area contributed by atoms with Gasteiger partial charge in [-0.25, -0.2) is 15.0 Å². The summed E-state index contributed by atoms with van der Waals surface area (Å²) in [6.45, 7) is 4.70. The minimum atomic E-state index is -0.0410. The van der Waals surface area contributed by atoms with E-state index < -0.39 is 0 Å². The summed E-state index contributed by atoms with van der Waals surface area (Å²) in [7, 11) is 0. The Kier molecular flexibility index (Phi) is 9.89. The molecule has 404 valence electrons. The minimum absolute atomic E-state index is 0.0410. The molecule has 5 aromatic heterocycles. The predicted molar refractivity (Wildman–Crippen MR) is 364 cm³/mol. The van der Waals surface area contributed by atoms with Crippen molar-refractivity contribution in [2.45, 2.75) is 19.3 Å². The molecule has 0 saturated heterocycles. The van der Waals surface area contributed by atoms with Crippen molar-refractivity contribution in [2.24, 2.45) is 0 Å². The van der Waals surface area contributed by atoms with Crippen molar-refractivity contribution in [3.63, 3.8) is 0 Å². The van der Waals surface area contributed by atoms with Crippen LogP contribution in [0.1, 0.15) is 25.0 Å². The molecule has 19 rings (SSSR count). The molecular weight excluding hydrogens is 1050 g/mol. The van der Waals surface area contributed by atoms with Crippen LogP contribution in [0, 0.1) is 0 Å². The molecule has 0 fully saturated rings. The van der Waals surface area contributed by atoms with Crippen molar-refractivity contribution in [3.8, 4) is 66.8 Å². The molecule has 0 bridgehead atoms. The topological polar surface area (TPSA) is 47.5 Å². The monoisotopic (exact) mass is 1110 g/mol. The van der Waals surface area contributed by atoms with E-state index in [0.717, 1.165) is 82.7 Å². The van der Waals surface area contributed by atoms with Crippen molar-refractivity contribution in [1.29, 1.82) is 0 Å². The quantitative estimate of drug-likeness (QED) is 0.127. The molecule has 5 nitrogen and oxygen atoms in total. The van der Waals surface area contributed by atoms with Crippen molar-refractivity contribution < 1.29 is 0 Å². The second-order valence-corrected chi connectivity index (χ2v) is 24.3. The highest BCUT2D eigenvalue weighted by atomic mass is 15.0. The number of aromatic nitrogens is 5. The highest BCUT2D eigenvalue weighted by molar-refractivity contribution is 6.24. The third-order valence-electron chi connectivity index (χ3n) is 19.2. The summed E-state index contributed by atoms with van der Waals surface area (Å²) < 4.78 is 4.69. The first-order valence-corrected chi connectivity index (χ1v) is 30.1. The summed E-state index contributed by atoms with van der Waals surface area (Å²) in [4.78, 5) is 15.8. The van der Waals surface area contributed by atoms with Crippen LogP contribution in [0.5, 0.6) is 0 Å². The summed E-state index contributed by atoms with van der Waals surface area (Å²) in [5.41, 5.74) is 27.6. The van der Waals surface area contributed by atoms with Gasteiger partial charge in [0.2, 0.25) is 0 Å². The van der Waals surface area contributed by atoms with Crippen LogP contribution in [0.4, 0.5) is 0 Å². The van der Waals surface area contributed by atoms with Crippen molar-refractivity contribution in [3.05, 3.63) is 284 Å². The van der Waals surface area contributed by atoms with Gasteiger partial charge in [0.25, 0.3) is 0 Å². The SMILES string of the molecule is CC1(C)c2ccccc2-c2ccc(-c3ccc(-c4ccc5c6ccc7cc(-c8ccc9cc(-c%10ccc(-c%11ccc%12c(c%11)c%11nc%13ccccc%13cc%11c%11nc%13ccccc%13n%12%11)cc%10)ccc9c8)ccc7c6c6nc7ccccc7n6c5c4)cc3)cc21. The number of hydrogen-bond acceptors (Lipinski definition) is 3. The molecule has 18 aromatic rings. The molecule has 87 heavy (non-hydrogen) atoms. The van der Waals surface area contributed by atoms with E-state index in [1.807, 2.05) is 0 Å². The second-order valence-electron chi connectivity index (χ2n) is 24.3. The third-order valence-corrected chi connectivity index (χ3v) is 19.2. The Morgan fingerprint density at radius 1 is 0.264 bits per heavy atom. The molecule has 5 heteroatoms. The lowest BCUT2D eigenvalue weighted by molar-refractivity contribution is 0.660. The van der Waals surface area contributed by atoms with Crippen LogP contribution in [0.15, 0.2) is 273 Å². The molecular formula is C82H51N5. The highest BCUT2D eigenvalue weighted by Crippen LogP contribution is 2.50. The van der Waals surface area contributed by atoms with Crippen LogP contribution in [-0.4, -0.2) is 23.8 Å². The van der Waals surface area contributed by atoms with Crippen LogP contribution in [-0.2, 0) is 5.41 Å². The molecule has 0 radical (unpaired) electrons. The van der Waals surface area contributed by atoms with Crippen molar-refractivity contribution in [1.82, 2.24) is 23.8 Å². The van der Waals surface area contributed by atoms with Crippen LogP contribution in [0.2, 0.25) is 0 Å². The van der Waals surface area contributed by atoms with E-state index in [9.17, 15) is 0 Å². The standard InChI is InChI=1S/C82H51N5/c1-82(2)69-13-5-4-12-63(69)64-37-32-58(46-70(64)82)50-23-25-51(26-24-50)59-33-38-65-66-39-34-60-43-56(31-36-62(60)78(66)81-85-73-16-8-10-18-76(73)87(81)77(65)47-59)55-30-29-53-41-52(27-28-54(53)42-55)48-19-21-49(22-20-48)57-35-40-74-67(44-57)79-68(45-61-11-3-6-14-71(61)83-79)80-84-72-15-7-9-17-75(72)86(74)80/h3-47H,1-2H3. The van der Waals surface area contributed by atoms with Gasteiger partial charge in [0.15, 0.2) is 0 Å². The van der Waals surface area contributed by atoms with E-state index in [1.165, 1.54) is 104 Å². The molecule has 0 amide bonds. The number of benzene rings is 13. The largest absolute Gasteiger partial charge is 0.292 e. The van der Waals surface area contributed by atoms with E-state index in [0.29, 0.717) is 0 Å². The van der Waals surface area contributed by atoms with Gasteiger partial charge in [0.05, 0.1) is 44.1 Å². The second kappa shape index (κ2) is 17.9. The minimum Gasteiger partial charge on any atom is -0.292 e. The molecule has 13 aromatic carbocycles. The molecule has 0 N–H and O–H groups in total. The van der Waals surface area contributed by atoms with E-state index in [2.05, 4.69) is 296 Å². The van der Waals surface area contributed by atoms with Gasteiger partial charge in [-0.15, -0.1) is 0 Å². The average Bonchev–Trinajstić information content (AvgIpc) is 2.01. The number of imidazole rings is 2. The first kappa shape index (κ1) is 48.1. The van der Waals surface area contributed by atoms with Crippen LogP contribution >= 0.6 is 0 Å². The Morgan fingerprint density at radius 2 is 0.747 bits per heavy atom. The number of hydrogen-bond donors (Lipinski definition) is 0. The van der Waals surface area contributed by atoms with Gasteiger partial charge in [-0.1, -0.05) is 208 Å². The summed E-state index contributed by atoms with van der Waals surface area (Å²) in [5, 5.41) is 11.6. The molecule has 0 aliphatic heterocycles. The van der Waals surface area contributed by atoms with Gasteiger partial charge in [-0.2, -0.15) is 0 Å². The molecule has 0 saturated carbocycles. The van der Waals surface area contributed by atoms with Gasteiger partial charge < -0.3 is 0 Å². The van der Waals surface area contributed by atoms with Crippen molar-refractivity contribution in [2.75, 3.05) is 0 Å². The number of fused-ring (bicyclic) bond motifs is 23. The van der Waals surface area contributed by atoms with Crippen LogP contribution in [0.25, 0.3) is 176 Å². The predicted octanol–water partition coefficient (Wildman–Crippen LogP) is 21.4. The lowest BCUT2D eigenvalue weighted by Gasteiger charge is -2.22. The third kappa shape index (κ3) is 7.11. The van der Waals surface area contributed by atoms with E-state index in [4.69, 9.17) is 15.0 Å². The average molecular weight is 1110 g/mol. The fraction of sp³-hybridized carbons (Fsp3) is 0.0366. The Morgan fingerprint density at radius 3 is 1.46 bits per heavy atom. The molecule has 0 unspecified atom stereocenters. The van der Waals surface area contributed by atoms with Gasteiger partial charge >= 0.3 is 0 Å². The fourth-order valence-electron chi connectivity index (χ4n) is 14.8. The first-order chi connectivity index (χ1) is 42.8. The zero-order valence-electron chi connectivity index (χ0n) is 47.7. The summed E-state index contributed by atoms with van der Waals surface area (Å²) >= 11 is 0. The Labute approximate surface area is 500 Å². The number of pyridine rings is 3. The molecule has 5 heterocycles. The van der Waals surface area contributed by atoms with Gasteiger partial charge in [-0.05, 0) is 184 Å². The fourth-order valence-corrected chi connectivity index (χ4v) is 14.8. The van der Waals surface area contributed by atoms with Crippen LogP contribution < -0.4 is 0 Å². The number of rotatable bonds is 5. The first-order valence-electron chi connectivity index (χ1n) is 30.1. The molecule has 1 aliphatic carbocycles. The Balaban J connectivity index is 0.636.